The van der Waals surface area contributed by atoms with Crippen molar-refractivity contribution < 1.29 is 23.1 Å². The van der Waals surface area contributed by atoms with Crippen LogP contribution in [0.4, 0.5) is 0 Å². The average Bonchev–Trinajstić information content (AvgIpc) is 2.66. The zero-order valence-corrected chi connectivity index (χ0v) is 19.6. The smallest absolute Gasteiger partial charge is 0.338 e. The molecule has 1 aliphatic heterocycles. The van der Waals surface area contributed by atoms with Crippen molar-refractivity contribution in [3.8, 4) is 0 Å². The predicted octanol–water partition coefficient (Wildman–Crippen LogP) is 2.75. The van der Waals surface area contributed by atoms with Crippen molar-refractivity contribution in [3.05, 3.63) is 29.8 Å². The summed E-state index contributed by atoms with van der Waals surface area (Å²) in [6, 6.07) is 5.68. The number of carbonyl (C=O) groups is 1. The molecule has 7 nitrogen and oxygen atoms in total. The highest BCUT2D eigenvalue weighted by atomic mass is 32.2. The molecule has 0 saturated carbocycles. The van der Waals surface area contributed by atoms with Crippen LogP contribution < -0.4 is 0 Å². The summed E-state index contributed by atoms with van der Waals surface area (Å²) >= 11 is 0. The number of esters is 1. The lowest BCUT2D eigenvalue weighted by Gasteiger charge is -2.38. The standard InChI is InChI=1S/C22H36N2O5S/c1-6-29-21(26)17-7-9-20(10-8-17)30(27,28)24(16-19(25)15-22(2,3)4)18-11-13-23(5)14-12-18/h7-10,18-19,25H,6,11-16H2,1-5H3/t19-/m0/s1. The number of rotatable bonds is 8. The molecule has 8 heteroatoms. The van der Waals surface area contributed by atoms with Crippen LogP contribution >= 0.6 is 0 Å². The Hall–Kier alpha value is -1.48. The van der Waals surface area contributed by atoms with Gasteiger partial charge in [0.15, 0.2) is 0 Å². The Balaban J connectivity index is 2.29. The molecule has 1 saturated heterocycles. The molecule has 1 heterocycles. The van der Waals surface area contributed by atoms with Crippen molar-refractivity contribution in [2.75, 3.05) is 33.3 Å². The minimum absolute atomic E-state index is 0.0631. The third-order valence-electron chi connectivity index (χ3n) is 5.31. The summed E-state index contributed by atoms with van der Waals surface area (Å²) < 4.78 is 33.4. The number of likely N-dealkylation sites (tertiary alicyclic amines) is 1. The van der Waals surface area contributed by atoms with Crippen molar-refractivity contribution in [2.24, 2.45) is 5.41 Å². The first kappa shape index (κ1) is 24.8. The van der Waals surface area contributed by atoms with Gasteiger partial charge in [-0.1, -0.05) is 20.8 Å². The third-order valence-corrected chi connectivity index (χ3v) is 7.24. The van der Waals surface area contributed by atoms with Crippen LogP contribution in [0, 0.1) is 5.41 Å². The molecule has 0 radical (unpaired) electrons. The van der Waals surface area contributed by atoms with Crippen LogP contribution in [-0.2, 0) is 14.8 Å². The Labute approximate surface area is 181 Å². The Morgan fingerprint density at radius 1 is 1.23 bits per heavy atom. The normalized spacial score (nSPS) is 17.8. The Morgan fingerprint density at radius 3 is 2.30 bits per heavy atom. The van der Waals surface area contributed by atoms with Gasteiger partial charge in [0.1, 0.15) is 0 Å². The number of aliphatic hydroxyl groups is 1. The van der Waals surface area contributed by atoms with Crippen LogP contribution in [0.2, 0.25) is 0 Å². The molecule has 1 aromatic carbocycles. The van der Waals surface area contributed by atoms with Crippen LogP contribution in [0.25, 0.3) is 0 Å². The molecule has 0 aromatic heterocycles. The summed E-state index contributed by atoms with van der Waals surface area (Å²) in [5, 5.41) is 10.6. The van der Waals surface area contributed by atoms with E-state index in [1.807, 2.05) is 27.8 Å². The van der Waals surface area contributed by atoms with Crippen molar-refractivity contribution in [1.82, 2.24) is 9.21 Å². The third kappa shape index (κ3) is 6.77. The van der Waals surface area contributed by atoms with E-state index in [4.69, 9.17) is 4.74 Å². The molecule has 30 heavy (non-hydrogen) atoms. The first-order valence-electron chi connectivity index (χ1n) is 10.6. The van der Waals surface area contributed by atoms with Gasteiger partial charge in [-0.05, 0) is 76.0 Å². The largest absolute Gasteiger partial charge is 0.462 e. The number of ether oxygens (including phenoxy) is 1. The fraction of sp³-hybridized carbons (Fsp3) is 0.682. The van der Waals surface area contributed by atoms with Crippen LogP contribution in [0.1, 0.15) is 57.3 Å². The maximum absolute atomic E-state index is 13.5. The number of hydrogen-bond donors (Lipinski definition) is 1. The number of sulfonamides is 1. The second-order valence-corrected chi connectivity index (χ2v) is 11.2. The zero-order chi connectivity index (χ0) is 22.5. The second kappa shape index (κ2) is 10.2. The number of piperidine rings is 1. The van der Waals surface area contributed by atoms with E-state index >= 15 is 0 Å². The molecule has 0 spiro atoms. The monoisotopic (exact) mass is 440 g/mol. The number of aliphatic hydroxyl groups excluding tert-OH is 1. The fourth-order valence-corrected chi connectivity index (χ4v) is 5.54. The van der Waals surface area contributed by atoms with Gasteiger partial charge in [0.05, 0.1) is 23.2 Å². The quantitative estimate of drug-likeness (QED) is 0.626. The van der Waals surface area contributed by atoms with Gasteiger partial charge in [-0.3, -0.25) is 0 Å². The van der Waals surface area contributed by atoms with Crippen molar-refractivity contribution in [1.29, 1.82) is 0 Å². The van der Waals surface area contributed by atoms with Gasteiger partial charge < -0.3 is 14.7 Å². The van der Waals surface area contributed by atoms with E-state index in [-0.39, 0.29) is 29.5 Å². The van der Waals surface area contributed by atoms with Crippen LogP contribution in [0.3, 0.4) is 0 Å². The number of carbonyl (C=O) groups excluding carboxylic acids is 1. The molecule has 0 bridgehead atoms. The summed E-state index contributed by atoms with van der Waals surface area (Å²) in [5.74, 6) is -0.478. The minimum atomic E-state index is -3.82. The van der Waals surface area contributed by atoms with Crippen LogP contribution in [0.15, 0.2) is 29.2 Å². The van der Waals surface area contributed by atoms with Gasteiger partial charge in [0.2, 0.25) is 10.0 Å². The molecule has 1 aliphatic rings. The molecule has 1 aromatic rings. The summed E-state index contributed by atoms with van der Waals surface area (Å²) in [6.45, 7) is 9.75. The molecule has 2 rings (SSSR count). The van der Waals surface area contributed by atoms with Crippen molar-refractivity contribution >= 4 is 16.0 Å². The van der Waals surface area contributed by atoms with Gasteiger partial charge >= 0.3 is 5.97 Å². The van der Waals surface area contributed by atoms with E-state index in [9.17, 15) is 18.3 Å². The first-order chi connectivity index (χ1) is 13.9. The lowest BCUT2D eigenvalue weighted by molar-refractivity contribution is 0.0526. The minimum Gasteiger partial charge on any atom is -0.462 e. The molecule has 1 fully saturated rings. The maximum atomic E-state index is 13.5. The van der Waals surface area contributed by atoms with E-state index in [0.717, 1.165) is 25.9 Å². The highest BCUT2D eigenvalue weighted by Gasteiger charge is 2.35. The van der Waals surface area contributed by atoms with E-state index < -0.39 is 22.1 Å². The Morgan fingerprint density at radius 2 is 1.80 bits per heavy atom. The summed E-state index contributed by atoms with van der Waals surface area (Å²) in [7, 11) is -1.80. The molecule has 0 unspecified atom stereocenters. The van der Waals surface area contributed by atoms with Gasteiger partial charge in [0, 0.05) is 12.6 Å². The molecule has 1 N–H and O–H groups in total. The van der Waals surface area contributed by atoms with E-state index in [0.29, 0.717) is 12.0 Å². The molecule has 170 valence electrons. The Bertz CT molecular complexity index is 794. The highest BCUT2D eigenvalue weighted by Crippen LogP contribution is 2.27. The van der Waals surface area contributed by atoms with Crippen LogP contribution in [-0.4, -0.2) is 74.1 Å². The van der Waals surface area contributed by atoms with Gasteiger partial charge in [-0.15, -0.1) is 0 Å². The summed E-state index contributed by atoms with van der Waals surface area (Å²) in [4.78, 5) is 14.2. The topological polar surface area (TPSA) is 87.2 Å². The lowest BCUT2D eigenvalue weighted by atomic mass is 9.89. The summed E-state index contributed by atoms with van der Waals surface area (Å²) in [5.41, 5.74) is 0.206. The molecular weight excluding hydrogens is 404 g/mol. The Kier molecular flexibility index (Phi) is 8.44. The van der Waals surface area contributed by atoms with Gasteiger partial charge in [0.25, 0.3) is 0 Å². The van der Waals surface area contributed by atoms with E-state index in [2.05, 4.69) is 4.90 Å². The van der Waals surface area contributed by atoms with Gasteiger partial charge in [-0.2, -0.15) is 4.31 Å². The zero-order valence-electron chi connectivity index (χ0n) is 18.8. The SMILES string of the molecule is CCOC(=O)c1ccc(S(=O)(=O)N(C[C@@H](O)CC(C)(C)C)C2CCN(C)CC2)cc1. The number of benzene rings is 1. The van der Waals surface area contributed by atoms with E-state index in [1.165, 1.54) is 28.6 Å². The molecular formula is C22H36N2O5S. The number of nitrogens with zero attached hydrogens (tertiary/aromatic N) is 2. The van der Waals surface area contributed by atoms with Crippen molar-refractivity contribution in [3.63, 3.8) is 0 Å². The molecule has 1 atom stereocenters. The lowest BCUT2D eigenvalue weighted by Crippen LogP contribution is -2.49. The molecule has 0 aliphatic carbocycles. The van der Waals surface area contributed by atoms with E-state index in [1.54, 1.807) is 6.92 Å². The fourth-order valence-electron chi connectivity index (χ4n) is 3.82. The van der Waals surface area contributed by atoms with Crippen molar-refractivity contribution in [2.45, 2.75) is 64.0 Å². The van der Waals surface area contributed by atoms with Gasteiger partial charge in [-0.25, -0.2) is 13.2 Å². The second-order valence-electron chi connectivity index (χ2n) is 9.27. The maximum Gasteiger partial charge on any atom is 0.338 e. The van der Waals surface area contributed by atoms with Crippen LogP contribution in [0.5, 0.6) is 0 Å². The highest BCUT2D eigenvalue weighted by molar-refractivity contribution is 7.89. The average molecular weight is 441 g/mol. The number of hydrogen-bond acceptors (Lipinski definition) is 6. The molecule has 0 amide bonds. The first-order valence-corrected chi connectivity index (χ1v) is 12.0. The predicted molar refractivity (Wildman–Crippen MR) is 117 cm³/mol. The summed E-state index contributed by atoms with van der Waals surface area (Å²) in [6.07, 6.45) is 1.20.